The van der Waals surface area contributed by atoms with Gasteiger partial charge >= 0.3 is 0 Å². The lowest BCUT2D eigenvalue weighted by Crippen LogP contribution is -2.31. The molecule has 1 aliphatic heterocycles. The van der Waals surface area contributed by atoms with Crippen LogP contribution in [0.1, 0.15) is 60.5 Å². The van der Waals surface area contributed by atoms with Crippen LogP contribution in [-0.2, 0) is 4.79 Å². The van der Waals surface area contributed by atoms with Gasteiger partial charge in [-0.3, -0.25) is 9.59 Å². The monoisotopic (exact) mass is 382 g/mol. The topological polar surface area (TPSA) is 84.4 Å². The van der Waals surface area contributed by atoms with Crippen LogP contribution in [0.5, 0.6) is 5.75 Å². The lowest BCUT2D eigenvalue weighted by Gasteiger charge is -2.24. The fraction of sp³-hybridized carbons (Fsp3) is 0.429. The zero-order chi connectivity index (χ0) is 20.1. The van der Waals surface area contributed by atoms with Gasteiger partial charge in [0.25, 0.3) is 5.91 Å². The van der Waals surface area contributed by atoms with Gasteiger partial charge in [0.15, 0.2) is 5.82 Å². The molecule has 0 aliphatic carbocycles. The molecule has 1 N–H and O–H groups in total. The van der Waals surface area contributed by atoms with Crippen LogP contribution in [0.15, 0.2) is 30.5 Å². The number of nitrogens with zero attached hydrogens (tertiary/aromatic N) is 3. The van der Waals surface area contributed by atoms with Gasteiger partial charge in [-0.1, -0.05) is 19.1 Å². The summed E-state index contributed by atoms with van der Waals surface area (Å²) in [5.74, 6) is 1.04. The van der Waals surface area contributed by atoms with Crippen LogP contribution in [0.4, 0.5) is 5.69 Å². The molecule has 7 heteroatoms. The summed E-state index contributed by atoms with van der Waals surface area (Å²) >= 11 is 0. The Kier molecular flexibility index (Phi) is 6.23. The normalized spacial score (nSPS) is 16.1. The first-order chi connectivity index (χ1) is 13.5. The number of ether oxygens (including phenoxy) is 1. The summed E-state index contributed by atoms with van der Waals surface area (Å²) in [6.45, 7) is 4.52. The predicted octanol–water partition coefficient (Wildman–Crippen LogP) is 3.51. The molecule has 1 aliphatic rings. The van der Waals surface area contributed by atoms with Crippen molar-refractivity contribution in [3.63, 3.8) is 0 Å². The molecule has 2 aromatic rings. The molecule has 28 heavy (non-hydrogen) atoms. The third-order valence-electron chi connectivity index (χ3n) is 4.93. The van der Waals surface area contributed by atoms with Crippen molar-refractivity contribution in [2.75, 3.05) is 19.0 Å². The molecule has 2 amide bonds. The quantitative estimate of drug-likeness (QED) is 0.826. The Morgan fingerprint density at radius 3 is 2.82 bits per heavy atom. The Morgan fingerprint density at radius 2 is 2.11 bits per heavy atom. The van der Waals surface area contributed by atoms with Gasteiger partial charge in [0, 0.05) is 19.2 Å². The molecule has 1 saturated heterocycles. The molecule has 0 saturated carbocycles. The van der Waals surface area contributed by atoms with Gasteiger partial charge in [-0.2, -0.15) is 0 Å². The second-order valence-corrected chi connectivity index (χ2v) is 6.88. The molecule has 1 fully saturated rings. The Hall–Kier alpha value is -2.96. The van der Waals surface area contributed by atoms with E-state index in [0.717, 1.165) is 25.8 Å². The van der Waals surface area contributed by atoms with Crippen LogP contribution >= 0.6 is 0 Å². The largest absolute Gasteiger partial charge is 0.495 e. The van der Waals surface area contributed by atoms with Crippen molar-refractivity contribution in [1.82, 2.24) is 14.9 Å². The summed E-state index contributed by atoms with van der Waals surface area (Å²) in [5.41, 5.74) is 1.58. The Morgan fingerprint density at radius 1 is 1.32 bits per heavy atom. The number of hydrogen-bond donors (Lipinski definition) is 1. The van der Waals surface area contributed by atoms with Crippen LogP contribution in [0.2, 0.25) is 0 Å². The second kappa shape index (κ2) is 8.82. The zero-order valence-corrected chi connectivity index (χ0v) is 16.6. The van der Waals surface area contributed by atoms with Crippen molar-refractivity contribution in [3.05, 3.63) is 47.5 Å². The van der Waals surface area contributed by atoms with E-state index >= 15 is 0 Å². The Balaban J connectivity index is 1.78. The number of para-hydroxylation sites is 2. The van der Waals surface area contributed by atoms with E-state index in [1.165, 1.54) is 0 Å². The fourth-order valence-electron chi connectivity index (χ4n) is 3.50. The number of hydrogen-bond acceptors (Lipinski definition) is 5. The Labute approximate surface area is 165 Å². The molecule has 0 unspecified atom stereocenters. The molecule has 3 rings (SSSR count). The maximum absolute atomic E-state index is 12.7. The standard InChI is InChI=1S/C21H26N4O3/c1-4-8-19(26)25-12-7-10-17(25)20-22-13-15(14(2)23-20)21(27)24-16-9-5-6-11-18(16)28-3/h5-6,9,11,13,17H,4,7-8,10,12H2,1-3H3,(H,24,27)/t17-/m1/s1. The highest BCUT2D eigenvalue weighted by Crippen LogP contribution is 2.31. The lowest BCUT2D eigenvalue weighted by molar-refractivity contribution is -0.132. The highest BCUT2D eigenvalue weighted by molar-refractivity contribution is 6.05. The van der Waals surface area contributed by atoms with E-state index in [2.05, 4.69) is 15.3 Å². The average Bonchev–Trinajstić information content (AvgIpc) is 3.18. The average molecular weight is 382 g/mol. The third kappa shape index (κ3) is 4.13. The first-order valence-corrected chi connectivity index (χ1v) is 9.62. The summed E-state index contributed by atoms with van der Waals surface area (Å²) in [5, 5.41) is 2.84. The summed E-state index contributed by atoms with van der Waals surface area (Å²) in [7, 11) is 1.56. The van der Waals surface area contributed by atoms with E-state index in [4.69, 9.17) is 4.74 Å². The van der Waals surface area contributed by atoms with Crippen LogP contribution < -0.4 is 10.1 Å². The number of benzene rings is 1. The summed E-state index contributed by atoms with van der Waals surface area (Å²) in [6, 6.07) is 7.11. The van der Waals surface area contributed by atoms with Gasteiger partial charge in [-0.15, -0.1) is 0 Å². The molecule has 0 spiro atoms. The molecular formula is C21H26N4O3. The molecule has 0 bridgehead atoms. The van der Waals surface area contributed by atoms with Crippen molar-refractivity contribution in [1.29, 1.82) is 0 Å². The Bertz CT molecular complexity index is 868. The van der Waals surface area contributed by atoms with E-state index < -0.39 is 0 Å². The lowest BCUT2D eigenvalue weighted by atomic mass is 10.1. The number of amides is 2. The first kappa shape index (κ1) is 19.8. The third-order valence-corrected chi connectivity index (χ3v) is 4.93. The van der Waals surface area contributed by atoms with Gasteiger partial charge in [0.2, 0.25) is 5.91 Å². The van der Waals surface area contributed by atoms with Crippen molar-refractivity contribution in [2.45, 2.75) is 45.6 Å². The van der Waals surface area contributed by atoms with Crippen LogP contribution in [0, 0.1) is 6.92 Å². The van der Waals surface area contributed by atoms with Gasteiger partial charge in [-0.25, -0.2) is 9.97 Å². The number of likely N-dealkylation sites (tertiary alicyclic amines) is 1. The highest BCUT2D eigenvalue weighted by Gasteiger charge is 2.31. The number of carbonyl (C=O) groups excluding carboxylic acids is 2. The van der Waals surface area contributed by atoms with Gasteiger partial charge in [-0.05, 0) is 38.3 Å². The molecule has 1 aromatic heterocycles. The van der Waals surface area contributed by atoms with Crippen LogP contribution in [0.3, 0.4) is 0 Å². The number of anilines is 1. The van der Waals surface area contributed by atoms with Gasteiger partial charge in [0.1, 0.15) is 5.75 Å². The molecule has 1 aromatic carbocycles. The summed E-state index contributed by atoms with van der Waals surface area (Å²) < 4.78 is 5.27. The molecular weight excluding hydrogens is 356 g/mol. The maximum atomic E-state index is 12.7. The van der Waals surface area contributed by atoms with Gasteiger partial charge in [0.05, 0.1) is 30.1 Å². The number of methoxy groups -OCH3 is 1. The van der Waals surface area contributed by atoms with Crippen molar-refractivity contribution < 1.29 is 14.3 Å². The smallest absolute Gasteiger partial charge is 0.259 e. The second-order valence-electron chi connectivity index (χ2n) is 6.88. The fourth-order valence-corrected chi connectivity index (χ4v) is 3.50. The van der Waals surface area contributed by atoms with Gasteiger partial charge < -0.3 is 15.0 Å². The molecule has 7 nitrogen and oxygen atoms in total. The molecule has 2 heterocycles. The minimum atomic E-state index is -0.293. The van der Waals surface area contributed by atoms with E-state index in [9.17, 15) is 9.59 Å². The minimum absolute atomic E-state index is 0.107. The highest BCUT2D eigenvalue weighted by atomic mass is 16.5. The summed E-state index contributed by atoms with van der Waals surface area (Å²) in [4.78, 5) is 35.9. The number of rotatable bonds is 6. The van der Waals surface area contributed by atoms with Crippen molar-refractivity contribution >= 4 is 17.5 Å². The van der Waals surface area contributed by atoms with E-state index in [-0.39, 0.29) is 17.9 Å². The van der Waals surface area contributed by atoms with Crippen LogP contribution in [-0.4, -0.2) is 40.3 Å². The number of aromatic nitrogens is 2. The maximum Gasteiger partial charge on any atom is 0.259 e. The molecule has 1 atom stereocenters. The number of nitrogens with one attached hydrogen (secondary N) is 1. The molecule has 148 valence electrons. The zero-order valence-electron chi connectivity index (χ0n) is 16.6. The van der Waals surface area contributed by atoms with E-state index in [1.54, 1.807) is 32.4 Å². The number of aryl methyl sites for hydroxylation is 1. The summed E-state index contributed by atoms with van der Waals surface area (Å²) in [6.07, 6.45) is 4.70. The van der Waals surface area contributed by atoms with E-state index in [0.29, 0.717) is 34.9 Å². The van der Waals surface area contributed by atoms with E-state index in [1.807, 2.05) is 24.0 Å². The predicted molar refractivity (Wildman–Crippen MR) is 106 cm³/mol. The van der Waals surface area contributed by atoms with Crippen molar-refractivity contribution in [2.24, 2.45) is 0 Å². The van der Waals surface area contributed by atoms with Crippen molar-refractivity contribution in [3.8, 4) is 5.75 Å². The number of carbonyl (C=O) groups is 2. The minimum Gasteiger partial charge on any atom is -0.495 e. The first-order valence-electron chi connectivity index (χ1n) is 9.62. The SMILES string of the molecule is CCCC(=O)N1CCC[C@@H]1c1ncc(C(=O)Nc2ccccc2OC)c(C)n1. The molecule has 0 radical (unpaired) electrons. The van der Waals surface area contributed by atoms with Crippen LogP contribution in [0.25, 0.3) is 0 Å².